The van der Waals surface area contributed by atoms with Gasteiger partial charge in [-0.2, -0.15) is 0 Å². The number of benzene rings is 2. The SMILES string of the molecule is COc1cccc(CNC(=O)CCS(=O)(=O)c2ccc3c(c2)NC(=O)[C@@H](C)S3)c1. The first kappa shape index (κ1) is 21.2. The maximum atomic E-state index is 12.6. The molecule has 0 aliphatic carbocycles. The molecule has 1 atom stereocenters. The second-order valence-corrected chi connectivity index (χ2v) is 10.1. The molecule has 1 aliphatic heterocycles. The molecule has 0 radical (unpaired) electrons. The molecular weight excluding hydrogens is 412 g/mol. The number of hydrogen-bond donors (Lipinski definition) is 2. The lowest BCUT2D eigenvalue weighted by molar-refractivity contribution is -0.121. The van der Waals surface area contributed by atoms with Gasteiger partial charge in [-0.15, -0.1) is 11.8 Å². The Bertz CT molecular complexity index is 1040. The maximum absolute atomic E-state index is 12.6. The van der Waals surface area contributed by atoms with Gasteiger partial charge in [0.25, 0.3) is 0 Å². The molecule has 29 heavy (non-hydrogen) atoms. The van der Waals surface area contributed by atoms with Crippen molar-refractivity contribution in [3.63, 3.8) is 0 Å². The average molecular weight is 435 g/mol. The van der Waals surface area contributed by atoms with Crippen LogP contribution in [0.2, 0.25) is 0 Å². The lowest BCUT2D eigenvalue weighted by Crippen LogP contribution is -2.27. The van der Waals surface area contributed by atoms with Gasteiger partial charge in [-0.25, -0.2) is 8.42 Å². The Morgan fingerprint density at radius 3 is 2.79 bits per heavy atom. The van der Waals surface area contributed by atoms with E-state index in [1.165, 1.54) is 23.9 Å². The molecular formula is C20H22N2O5S2. The third kappa shape index (κ3) is 5.30. The number of hydrogen-bond acceptors (Lipinski definition) is 6. The Labute approximate surface area is 174 Å². The Balaban J connectivity index is 1.59. The van der Waals surface area contributed by atoms with Gasteiger partial charge in [-0.3, -0.25) is 9.59 Å². The second kappa shape index (κ2) is 8.87. The van der Waals surface area contributed by atoms with Crippen molar-refractivity contribution in [2.24, 2.45) is 0 Å². The van der Waals surface area contributed by atoms with E-state index in [1.807, 2.05) is 12.1 Å². The molecule has 0 bridgehead atoms. The molecule has 0 unspecified atom stereocenters. The van der Waals surface area contributed by atoms with Gasteiger partial charge in [0.15, 0.2) is 9.84 Å². The molecule has 0 saturated carbocycles. The monoisotopic (exact) mass is 434 g/mol. The summed E-state index contributed by atoms with van der Waals surface area (Å²) < 4.78 is 30.4. The minimum Gasteiger partial charge on any atom is -0.497 e. The predicted octanol–water partition coefficient (Wildman–Crippen LogP) is 2.61. The summed E-state index contributed by atoms with van der Waals surface area (Å²) in [6.07, 6.45) is -0.151. The summed E-state index contributed by atoms with van der Waals surface area (Å²) in [4.78, 5) is 24.8. The number of carbonyl (C=O) groups excluding carboxylic acids is 2. The van der Waals surface area contributed by atoms with E-state index in [1.54, 1.807) is 32.2 Å². The minimum absolute atomic E-state index is 0.0901. The van der Waals surface area contributed by atoms with Crippen molar-refractivity contribution in [1.82, 2.24) is 5.32 Å². The van der Waals surface area contributed by atoms with Crippen LogP contribution in [0.1, 0.15) is 18.9 Å². The van der Waals surface area contributed by atoms with Crippen molar-refractivity contribution in [2.75, 3.05) is 18.2 Å². The van der Waals surface area contributed by atoms with E-state index in [0.29, 0.717) is 11.4 Å². The quantitative estimate of drug-likeness (QED) is 0.695. The fraction of sp³-hybridized carbons (Fsp3) is 0.300. The molecule has 1 aliphatic rings. The first-order chi connectivity index (χ1) is 13.8. The summed E-state index contributed by atoms with van der Waals surface area (Å²) in [6, 6.07) is 11.9. The number of nitrogens with one attached hydrogen (secondary N) is 2. The third-order valence-electron chi connectivity index (χ3n) is 4.46. The fourth-order valence-corrected chi connectivity index (χ4v) is 4.99. The van der Waals surface area contributed by atoms with Crippen LogP contribution < -0.4 is 15.4 Å². The number of ether oxygens (including phenoxy) is 1. The summed E-state index contributed by atoms with van der Waals surface area (Å²) in [6.45, 7) is 2.08. The molecule has 2 N–H and O–H groups in total. The highest BCUT2D eigenvalue weighted by Gasteiger charge is 2.25. The molecule has 0 saturated heterocycles. The number of fused-ring (bicyclic) bond motifs is 1. The largest absolute Gasteiger partial charge is 0.497 e. The number of sulfone groups is 1. The average Bonchev–Trinajstić information content (AvgIpc) is 2.71. The van der Waals surface area contributed by atoms with Crippen LogP contribution in [0.5, 0.6) is 5.75 Å². The standard InChI is InChI=1S/C20H22N2O5S2/c1-13-20(24)22-17-11-16(6-7-18(17)28-13)29(25,26)9-8-19(23)21-12-14-4-3-5-15(10-14)27-2/h3-7,10-11,13H,8-9,12H2,1-2H3,(H,21,23)(H,22,24)/t13-/m1/s1. The summed E-state index contributed by atoms with van der Waals surface area (Å²) in [5.74, 6) is -0.139. The Hall–Kier alpha value is -2.52. The van der Waals surface area contributed by atoms with Gasteiger partial charge >= 0.3 is 0 Å². The number of amides is 2. The first-order valence-corrected chi connectivity index (χ1v) is 11.6. The Morgan fingerprint density at radius 2 is 2.03 bits per heavy atom. The van der Waals surface area contributed by atoms with Crippen molar-refractivity contribution in [2.45, 2.75) is 34.9 Å². The third-order valence-corrected chi connectivity index (χ3v) is 7.35. The molecule has 0 aromatic heterocycles. The number of carbonyl (C=O) groups is 2. The van der Waals surface area contributed by atoms with E-state index in [4.69, 9.17) is 4.74 Å². The maximum Gasteiger partial charge on any atom is 0.237 e. The predicted molar refractivity (Wildman–Crippen MR) is 112 cm³/mol. The lowest BCUT2D eigenvalue weighted by Gasteiger charge is -2.21. The molecule has 2 amide bonds. The van der Waals surface area contributed by atoms with Gasteiger partial charge in [0, 0.05) is 17.9 Å². The molecule has 9 heteroatoms. The van der Waals surface area contributed by atoms with Gasteiger partial charge in [0.05, 0.1) is 28.7 Å². The molecule has 2 aromatic carbocycles. The summed E-state index contributed by atoms with van der Waals surface area (Å²) >= 11 is 1.38. The lowest BCUT2D eigenvalue weighted by atomic mass is 10.2. The van der Waals surface area contributed by atoms with Crippen LogP contribution in [0.25, 0.3) is 0 Å². The van der Waals surface area contributed by atoms with Gasteiger partial charge in [0.1, 0.15) is 5.75 Å². The van der Waals surface area contributed by atoms with Crippen molar-refractivity contribution in [3.8, 4) is 5.75 Å². The molecule has 0 spiro atoms. The minimum atomic E-state index is -3.65. The number of anilines is 1. The number of thioether (sulfide) groups is 1. The fourth-order valence-electron chi connectivity index (χ4n) is 2.80. The van der Waals surface area contributed by atoms with Crippen molar-refractivity contribution < 1.29 is 22.7 Å². The topological polar surface area (TPSA) is 102 Å². The van der Waals surface area contributed by atoms with E-state index >= 15 is 0 Å². The van der Waals surface area contributed by atoms with E-state index in [9.17, 15) is 18.0 Å². The smallest absolute Gasteiger partial charge is 0.237 e. The number of methoxy groups -OCH3 is 1. The number of rotatable bonds is 7. The van der Waals surface area contributed by atoms with Crippen molar-refractivity contribution in [3.05, 3.63) is 48.0 Å². The van der Waals surface area contributed by atoms with Gasteiger partial charge in [0.2, 0.25) is 11.8 Å². The zero-order valence-electron chi connectivity index (χ0n) is 16.1. The van der Waals surface area contributed by atoms with Crippen molar-refractivity contribution >= 4 is 39.1 Å². The Morgan fingerprint density at radius 1 is 1.24 bits per heavy atom. The zero-order valence-corrected chi connectivity index (χ0v) is 17.7. The second-order valence-electron chi connectivity index (χ2n) is 6.60. The Kier molecular flexibility index (Phi) is 6.49. The van der Waals surface area contributed by atoms with Crippen LogP contribution >= 0.6 is 11.8 Å². The normalized spacial score (nSPS) is 15.9. The van der Waals surface area contributed by atoms with Gasteiger partial charge < -0.3 is 15.4 Å². The van der Waals surface area contributed by atoms with Crippen LogP contribution in [-0.2, 0) is 26.0 Å². The van der Waals surface area contributed by atoms with E-state index in [-0.39, 0.29) is 40.7 Å². The van der Waals surface area contributed by atoms with Gasteiger partial charge in [-0.1, -0.05) is 12.1 Å². The van der Waals surface area contributed by atoms with Crippen LogP contribution in [0.3, 0.4) is 0 Å². The summed E-state index contributed by atoms with van der Waals surface area (Å²) in [7, 11) is -2.09. The van der Waals surface area contributed by atoms with Crippen LogP contribution in [0, 0.1) is 0 Å². The summed E-state index contributed by atoms with van der Waals surface area (Å²) in [5.41, 5.74) is 1.35. The molecule has 7 nitrogen and oxygen atoms in total. The van der Waals surface area contributed by atoms with E-state index in [0.717, 1.165) is 10.5 Å². The van der Waals surface area contributed by atoms with Crippen LogP contribution in [0.15, 0.2) is 52.3 Å². The zero-order chi connectivity index (χ0) is 21.0. The molecule has 154 valence electrons. The van der Waals surface area contributed by atoms with E-state index in [2.05, 4.69) is 10.6 Å². The highest BCUT2D eigenvalue weighted by atomic mass is 32.2. The first-order valence-electron chi connectivity index (χ1n) is 9.02. The molecule has 0 fully saturated rings. The van der Waals surface area contributed by atoms with Gasteiger partial charge in [-0.05, 0) is 42.8 Å². The summed E-state index contributed by atoms with van der Waals surface area (Å²) in [5, 5.41) is 5.21. The van der Waals surface area contributed by atoms with Crippen LogP contribution in [0.4, 0.5) is 5.69 Å². The van der Waals surface area contributed by atoms with E-state index < -0.39 is 9.84 Å². The molecule has 1 heterocycles. The van der Waals surface area contributed by atoms with Crippen molar-refractivity contribution in [1.29, 1.82) is 0 Å². The molecule has 2 aromatic rings. The highest BCUT2D eigenvalue weighted by molar-refractivity contribution is 8.01. The van der Waals surface area contributed by atoms with Crippen LogP contribution in [-0.4, -0.2) is 38.3 Å². The highest BCUT2D eigenvalue weighted by Crippen LogP contribution is 2.36. The molecule has 3 rings (SSSR count).